The molecule has 0 saturated carbocycles. The van der Waals surface area contributed by atoms with Gasteiger partial charge in [-0.25, -0.2) is 5.84 Å². The Balaban J connectivity index is 2.66. The summed E-state index contributed by atoms with van der Waals surface area (Å²) in [7, 11) is -2.73. The van der Waals surface area contributed by atoms with Crippen molar-refractivity contribution in [3.63, 3.8) is 0 Å². The lowest BCUT2D eigenvalue weighted by Crippen LogP contribution is -2.56. The molecule has 1 unspecified atom stereocenters. The average molecular weight is 670 g/mol. The number of rotatable bonds is 32. The van der Waals surface area contributed by atoms with Crippen molar-refractivity contribution in [2.75, 3.05) is 39.5 Å². The lowest BCUT2D eigenvalue weighted by Gasteiger charge is -2.38. The summed E-state index contributed by atoms with van der Waals surface area (Å²) in [6.45, 7) is 17.0. The molecular formula is C36H75N5O4Si. The summed E-state index contributed by atoms with van der Waals surface area (Å²) >= 11 is 0. The summed E-state index contributed by atoms with van der Waals surface area (Å²) in [6, 6.07) is 1.19. The average Bonchev–Trinajstić information content (AvgIpc) is 3.04. The Bertz CT molecular complexity index is 748. The van der Waals surface area contributed by atoms with Crippen molar-refractivity contribution < 1.29 is 18.0 Å². The van der Waals surface area contributed by atoms with E-state index in [1.807, 2.05) is 20.8 Å². The van der Waals surface area contributed by atoms with E-state index in [1.165, 1.54) is 83.5 Å². The first kappa shape index (κ1) is 43.0. The van der Waals surface area contributed by atoms with Gasteiger partial charge in [0.05, 0.1) is 6.61 Å². The Labute approximate surface area is 285 Å². The largest absolute Gasteiger partial charge is 0.500 e. The Morgan fingerprint density at radius 3 is 1.54 bits per heavy atom. The standard InChI is InChI=1S/C36H75N5O4Si/c1-7-13-16-17-18-19-20-21-22-23-24-25-26-27-32-42-35-38-34(29-28-33-46(43-10-4,44-11-5)45-12-6)41(37)36(39-35)40(30-14-8-2)31-15-9-3/h36H,7-33,37H2,1-6H3. The summed E-state index contributed by atoms with van der Waals surface area (Å²) in [5.74, 6) is 7.56. The highest BCUT2D eigenvalue weighted by molar-refractivity contribution is 6.60. The van der Waals surface area contributed by atoms with Gasteiger partial charge in [-0.2, -0.15) is 9.98 Å². The van der Waals surface area contributed by atoms with Crippen molar-refractivity contribution in [3.05, 3.63) is 0 Å². The molecule has 1 aliphatic rings. The summed E-state index contributed by atoms with van der Waals surface area (Å²) in [4.78, 5) is 12.2. The maximum atomic E-state index is 6.76. The zero-order chi connectivity index (χ0) is 33.7. The van der Waals surface area contributed by atoms with Gasteiger partial charge >= 0.3 is 14.8 Å². The molecule has 9 nitrogen and oxygen atoms in total. The Hall–Kier alpha value is -1.04. The summed E-state index contributed by atoms with van der Waals surface area (Å²) in [5, 5.41) is 1.76. The molecule has 0 aliphatic carbocycles. The van der Waals surface area contributed by atoms with Crippen LogP contribution in [-0.2, 0) is 18.0 Å². The highest BCUT2D eigenvalue weighted by atomic mass is 28.4. The van der Waals surface area contributed by atoms with Crippen LogP contribution in [0.25, 0.3) is 0 Å². The molecule has 0 aromatic heterocycles. The molecule has 1 rings (SSSR count). The molecule has 0 radical (unpaired) electrons. The van der Waals surface area contributed by atoms with Gasteiger partial charge in [-0.15, -0.1) is 0 Å². The number of amidine groups is 2. The first-order valence-corrected chi connectivity index (χ1v) is 21.4. The van der Waals surface area contributed by atoms with Crippen LogP contribution in [0.15, 0.2) is 9.98 Å². The molecule has 0 fully saturated rings. The predicted octanol–water partition coefficient (Wildman–Crippen LogP) is 9.44. The van der Waals surface area contributed by atoms with Crippen LogP contribution < -0.4 is 5.84 Å². The van der Waals surface area contributed by atoms with Crippen LogP contribution in [0.2, 0.25) is 6.04 Å². The second-order valence-electron chi connectivity index (χ2n) is 12.7. The van der Waals surface area contributed by atoms with Crippen LogP contribution in [0.5, 0.6) is 0 Å². The van der Waals surface area contributed by atoms with Gasteiger partial charge < -0.3 is 18.0 Å². The van der Waals surface area contributed by atoms with Crippen LogP contribution in [0, 0.1) is 0 Å². The van der Waals surface area contributed by atoms with Crippen molar-refractivity contribution >= 4 is 20.7 Å². The van der Waals surface area contributed by atoms with E-state index < -0.39 is 8.80 Å². The first-order chi connectivity index (χ1) is 22.5. The lowest BCUT2D eigenvalue weighted by atomic mass is 10.0. The van der Waals surface area contributed by atoms with Crippen molar-refractivity contribution in [2.45, 2.75) is 182 Å². The van der Waals surface area contributed by atoms with E-state index in [0.29, 0.717) is 38.9 Å². The fourth-order valence-electron chi connectivity index (χ4n) is 5.99. The number of aliphatic imine (C=N–C) groups is 2. The van der Waals surface area contributed by atoms with Crippen LogP contribution in [0.3, 0.4) is 0 Å². The molecule has 1 atom stereocenters. The quantitative estimate of drug-likeness (QED) is 0.0433. The molecule has 0 aromatic rings. The normalized spacial score (nSPS) is 15.5. The molecule has 0 saturated heterocycles. The zero-order valence-corrected chi connectivity index (χ0v) is 32.2. The molecule has 2 N–H and O–H groups in total. The Kier molecular flexibility index (Phi) is 27.0. The first-order valence-electron chi connectivity index (χ1n) is 19.5. The third-order valence-corrected chi connectivity index (χ3v) is 11.8. The maximum absolute atomic E-state index is 6.76. The molecule has 0 bridgehead atoms. The number of nitrogens with zero attached hydrogens (tertiary/aromatic N) is 4. The molecule has 1 heterocycles. The third kappa shape index (κ3) is 19.1. The lowest BCUT2D eigenvalue weighted by molar-refractivity contribution is 0.0705. The minimum atomic E-state index is -2.73. The Morgan fingerprint density at radius 2 is 1.09 bits per heavy atom. The number of nitrogens with two attached hydrogens (primary N) is 1. The van der Waals surface area contributed by atoms with E-state index >= 15 is 0 Å². The highest BCUT2D eigenvalue weighted by Crippen LogP contribution is 2.22. The minimum Gasteiger partial charge on any atom is -0.464 e. The van der Waals surface area contributed by atoms with E-state index in [2.05, 4.69) is 25.7 Å². The summed E-state index contributed by atoms with van der Waals surface area (Å²) in [5.41, 5.74) is 0. The summed E-state index contributed by atoms with van der Waals surface area (Å²) in [6.07, 6.45) is 24.5. The van der Waals surface area contributed by atoms with Gasteiger partial charge in [-0.1, -0.05) is 117 Å². The van der Waals surface area contributed by atoms with Gasteiger partial charge in [0.2, 0.25) is 0 Å². The smallest absolute Gasteiger partial charge is 0.464 e. The molecule has 272 valence electrons. The van der Waals surface area contributed by atoms with Crippen molar-refractivity contribution in [1.29, 1.82) is 0 Å². The van der Waals surface area contributed by atoms with E-state index in [9.17, 15) is 0 Å². The number of hydrogen-bond acceptors (Lipinski definition) is 9. The Morgan fingerprint density at radius 1 is 0.630 bits per heavy atom. The SMILES string of the molecule is CCCCCCCCCCCCCCCCOC1=NC(N(CCCC)CCCC)N(N)C(CCC[Si](OCC)(OCC)OCC)=N1. The summed E-state index contributed by atoms with van der Waals surface area (Å²) < 4.78 is 24.5. The fourth-order valence-corrected chi connectivity index (χ4v) is 8.61. The molecule has 46 heavy (non-hydrogen) atoms. The van der Waals surface area contributed by atoms with E-state index in [0.717, 1.165) is 63.5 Å². The van der Waals surface area contributed by atoms with Gasteiger partial charge in [0.1, 0.15) is 5.84 Å². The zero-order valence-electron chi connectivity index (χ0n) is 31.2. The molecular weight excluding hydrogens is 595 g/mol. The molecule has 10 heteroatoms. The predicted molar refractivity (Wildman–Crippen MR) is 197 cm³/mol. The van der Waals surface area contributed by atoms with Gasteiger partial charge in [0.25, 0.3) is 0 Å². The van der Waals surface area contributed by atoms with Gasteiger partial charge in [-0.05, 0) is 46.5 Å². The minimum absolute atomic E-state index is 0.301. The third-order valence-electron chi connectivity index (χ3n) is 8.63. The molecule has 0 amide bonds. The fraction of sp³-hybridized carbons (Fsp3) is 0.944. The van der Waals surface area contributed by atoms with Gasteiger partial charge in [-0.3, -0.25) is 9.91 Å². The number of hydrazine groups is 1. The molecule has 1 aliphatic heterocycles. The molecule has 0 spiro atoms. The van der Waals surface area contributed by atoms with Crippen molar-refractivity contribution in [3.8, 4) is 0 Å². The van der Waals surface area contributed by atoms with Crippen LogP contribution in [-0.4, -0.2) is 76.4 Å². The topological polar surface area (TPSA) is 94.1 Å². The van der Waals surface area contributed by atoms with E-state index in [1.54, 1.807) is 5.01 Å². The van der Waals surface area contributed by atoms with Crippen LogP contribution in [0.4, 0.5) is 0 Å². The van der Waals surface area contributed by atoms with Gasteiger partial charge in [0, 0.05) is 45.4 Å². The maximum Gasteiger partial charge on any atom is 0.500 e. The van der Waals surface area contributed by atoms with Crippen molar-refractivity contribution in [2.24, 2.45) is 15.8 Å². The number of unbranched alkanes of at least 4 members (excludes halogenated alkanes) is 15. The number of hydrogen-bond donors (Lipinski definition) is 1. The van der Waals surface area contributed by atoms with Crippen LogP contribution in [0.1, 0.15) is 170 Å². The van der Waals surface area contributed by atoms with Crippen LogP contribution >= 0.6 is 0 Å². The second-order valence-corrected chi connectivity index (χ2v) is 15.4. The van der Waals surface area contributed by atoms with E-state index in [-0.39, 0.29) is 6.29 Å². The van der Waals surface area contributed by atoms with E-state index in [4.69, 9.17) is 33.8 Å². The number of ether oxygens (including phenoxy) is 1. The monoisotopic (exact) mass is 670 g/mol. The second kappa shape index (κ2) is 28.9. The molecule has 0 aromatic carbocycles. The van der Waals surface area contributed by atoms with Crippen molar-refractivity contribution in [1.82, 2.24) is 9.91 Å². The van der Waals surface area contributed by atoms with Gasteiger partial charge in [0.15, 0.2) is 6.29 Å². The highest BCUT2D eigenvalue weighted by Gasteiger charge is 2.40.